The molecule has 5 atom stereocenters. The molecule has 1 saturated heterocycles. The van der Waals surface area contributed by atoms with Crippen LogP contribution in [0.3, 0.4) is 0 Å². The van der Waals surface area contributed by atoms with Gasteiger partial charge in [-0.1, -0.05) is 13.8 Å². The summed E-state index contributed by atoms with van der Waals surface area (Å²) < 4.78 is 5.26. The predicted molar refractivity (Wildman–Crippen MR) is 47.0 cm³/mol. The average molecular weight is 190 g/mol. The van der Waals surface area contributed by atoms with Crippen molar-refractivity contribution in [2.45, 2.75) is 51.3 Å². The van der Waals surface area contributed by atoms with E-state index >= 15 is 0 Å². The number of rotatable bonds is 1. The van der Waals surface area contributed by atoms with Crippen molar-refractivity contribution in [1.29, 1.82) is 0 Å². The average Bonchev–Trinajstić information content (AvgIpc) is 2.12. The second-order valence-electron chi connectivity index (χ2n) is 3.94. The van der Waals surface area contributed by atoms with E-state index in [2.05, 4.69) is 0 Å². The normalized spacial score (nSPS) is 52.2. The third-order valence-electron chi connectivity index (χ3n) is 3.21. The van der Waals surface area contributed by atoms with Crippen LogP contribution in [0.5, 0.6) is 0 Å². The van der Waals surface area contributed by atoms with E-state index in [-0.39, 0.29) is 5.92 Å². The molecule has 1 unspecified atom stereocenters. The summed E-state index contributed by atoms with van der Waals surface area (Å²) in [6.45, 7) is 5.56. The predicted octanol–water partition coefficient (Wildman–Crippen LogP) is -0.138. The molecule has 3 N–H and O–H groups in total. The van der Waals surface area contributed by atoms with Crippen LogP contribution in [0.25, 0.3) is 0 Å². The molecule has 78 valence electrons. The largest absolute Gasteiger partial charge is 0.390 e. The quantitative estimate of drug-likeness (QED) is 0.538. The van der Waals surface area contributed by atoms with Gasteiger partial charge in [-0.25, -0.2) is 0 Å². The highest BCUT2D eigenvalue weighted by atomic mass is 16.6. The zero-order valence-corrected chi connectivity index (χ0v) is 8.27. The Balaban J connectivity index is 2.82. The Morgan fingerprint density at radius 2 is 1.77 bits per heavy atom. The fraction of sp³-hybridized carbons (Fsp3) is 1.00. The maximum Gasteiger partial charge on any atom is 0.184 e. The zero-order valence-electron chi connectivity index (χ0n) is 8.27. The van der Waals surface area contributed by atoms with Gasteiger partial charge in [0.2, 0.25) is 0 Å². The molecule has 13 heavy (non-hydrogen) atoms. The van der Waals surface area contributed by atoms with Gasteiger partial charge >= 0.3 is 0 Å². The minimum absolute atomic E-state index is 0.184. The van der Waals surface area contributed by atoms with Gasteiger partial charge in [-0.2, -0.15) is 0 Å². The lowest BCUT2D eigenvalue weighted by Crippen LogP contribution is -2.58. The van der Waals surface area contributed by atoms with Crippen LogP contribution in [0.4, 0.5) is 0 Å². The van der Waals surface area contributed by atoms with E-state index in [0.29, 0.717) is 6.42 Å². The van der Waals surface area contributed by atoms with Gasteiger partial charge in [-0.3, -0.25) is 0 Å². The summed E-state index contributed by atoms with van der Waals surface area (Å²) in [5, 5.41) is 28.2. The maximum absolute atomic E-state index is 9.59. The lowest BCUT2D eigenvalue weighted by molar-refractivity contribution is -0.300. The standard InChI is InChI=1S/C9H18O4/c1-4-9(3)5(2)6(10)7(11)8(12)13-9/h5-8,10-12H,4H2,1-3H3/t5-,6-,7-,8?,9+/m1/s1. The molecule has 0 aromatic heterocycles. The molecule has 1 rings (SSSR count). The Bertz CT molecular complexity index is 184. The Hall–Kier alpha value is -0.160. The van der Waals surface area contributed by atoms with Gasteiger partial charge < -0.3 is 20.1 Å². The van der Waals surface area contributed by atoms with Crippen LogP contribution < -0.4 is 0 Å². The van der Waals surface area contributed by atoms with Crippen LogP contribution in [0.2, 0.25) is 0 Å². The number of hydrogen-bond donors (Lipinski definition) is 3. The Labute approximate surface area is 78.1 Å². The second kappa shape index (κ2) is 3.53. The number of aliphatic hydroxyl groups is 3. The van der Waals surface area contributed by atoms with Crippen molar-refractivity contribution in [3.63, 3.8) is 0 Å². The first-order valence-electron chi connectivity index (χ1n) is 4.64. The molecule has 1 fully saturated rings. The SMILES string of the molecule is CC[C@]1(C)OC(O)[C@H](O)[C@H](O)[C@H]1C. The summed E-state index contributed by atoms with van der Waals surface area (Å²) in [6.07, 6.45) is -2.71. The highest BCUT2D eigenvalue weighted by molar-refractivity contribution is 4.93. The van der Waals surface area contributed by atoms with Crippen molar-refractivity contribution in [2.75, 3.05) is 0 Å². The second-order valence-corrected chi connectivity index (χ2v) is 3.94. The van der Waals surface area contributed by atoms with Crippen molar-refractivity contribution < 1.29 is 20.1 Å². The molecule has 0 amide bonds. The van der Waals surface area contributed by atoms with Crippen molar-refractivity contribution >= 4 is 0 Å². The highest BCUT2D eigenvalue weighted by Crippen LogP contribution is 2.35. The molecule has 1 heterocycles. The Morgan fingerprint density at radius 1 is 1.23 bits per heavy atom. The molecule has 0 radical (unpaired) electrons. The van der Waals surface area contributed by atoms with E-state index < -0.39 is 24.1 Å². The van der Waals surface area contributed by atoms with E-state index in [0.717, 1.165) is 0 Å². The first-order valence-corrected chi connectivity index (χ1v) is 4.64. The Morgan fingerprint density at radius 3 is 2.23 bits per heavy atom. The third-order valence-corrected chi connectivity index (χ3v) is 3.21. The zero-order chi connectivity index (χ0) is 10.2. The van der Waals surface area contributed by atoms with Gasteiger partial charge in [0.1, 0.15) is 6.10 Å². The Kier molecular flexibility index (Phi) is 2.97. The van der Waals surface area contributed by atoms with E-state index in [1.165, 1.54) is 0 Å². The van der Waals surface area contributed by atoms with Crippen molar-refractivity contribution in [3.8, 4) is 0 Å². The summed E-state index contributed by atoms with van der Waals surface area (Å²) in [6, 6.07) is 0. The number of ether oxygens (including phenoxy) is 1. The fourth-order valence-corrected chi connectivity index (χ4v) is 1.68. The van der Waals surface area contributed by atoms with E-state index in [1.54, 1.807) is 0 Å². The van der Waals surface area contributed by atoms with Gasteiger partial charge in [0.05, 0.1) is 11.7 Å². The van der Waals surface area contributed by atoms with Crippen molar-refractivity contribution in [3.05, 3.63) is 0 Å². The number of aliphatic hydroxyl groups excluding tert-OH is 3. The number of hydrogen-bond acceptors (Lipinski definition) is 4. The monoisotopic (exact) mass is 190 g/mol. The lowest BCUT2D eigenvalue weighted by atomic mass is 9.79. The molecule has 0 aromatic rings. The molecular formula is C9H18O4. The van der Waals surface area contributed by atoms with Gasteiger partial charge in [0.15, 0.2) is 6.29 Å². The van der Waals surface area contributed by atoms with Crippen LogP contribution in [-0.4, -0.2) is 39.4 Å². The first kappa shape index (κ1) is 10.9. The summed E-state index contributed by atoms with van der Waals surface area (Å²) in [4.78, 5) is 0. The maximum atomic E-state index is 9.59. The van der Waals surface area contributed by atoms with E-state index in [1.807, 2.05) is 20.8 Å². The van der Waals surface area contributed by atoms with Crippen molar-refractivity contribution in [1.82, 2.24) is 0 Å². The van der Waals surface area contributed by atoms with Gasteiger partial charge in [0, 0.05) is 5.92 Å². The fourth-order valence-electron chi connectivity index (χ4n) is 1.68. The molecule has 0 aliphatic carbocycles. The highest BCUT2D eigenvalue weighted by Gasteiger charge is 2.47. The molecule has 4 nitrogen and oxygen atoms in total. The van der Waals surface area contributed by atoms with E-state index in [9.17, 15) is 15.3 Å². The summed E-state index contributed by atoms with van der Waals surface area (Å²) in [5.74, 6) is -0.184. The summed E-state index contributed by atoms with van der Waals surface area (Å²) >= 11 is 0. The van der Waals surface area contributed by atoms with Crippen LogP contribution in [-0.2, 0) is 4.74 Å². The first-order chi connectivity index (χ1) is 5.92. The van der Waals surface area contributed by atoms with Gasteiger partial charge in [0.25, 0.3) is 0 Å². The summed E-state index contributed by atoms with van der Waals surface area (Å²) in [5.41, 5.74) is -0.557. The van der Waals surface area contributed by atoms with Crippen LogP contribution >= 0.6 is 0 Å². The van der Waals surface area contributed by atoms with Crippen LogP contribution in [0.15, 0.2) is 0 Å². The van der Waals surface area contributed by atoms with Gasteiger partial charge in [-0.05, 0) is 13.3 Å². The minimum atomic E-state index is -1.28. The molecule has 4 heteroatoms. The molecular weight excluding hydrogens is 172 g/mol. The van der Waals surface area contributed by atoms with Crippen LogP contribution in [0.1, 0.15) is 27.2 Å². The minimum Gasteiger partial charge on any atom is -0.390 e. The topological polar surface area (TPSA) is 69.9 Å². The lowest BCUT2D eigenvalue weighted by Gasteiger charge is -2.46. The van der Waals surface area contributed by atoms with E-state index in [4.69, 9.17) is 4.74 Å². The molecule has 0 spiro atoms. The molecule has 0 saturated carbocycles. The van der Waals surface area contributed by atoms with Crippen LogP contribution in [0, 0.1) is 5.92 Å². The molecule has 0 bridgehead atoms. The third kappa shape index (κ3) is 1.72. The molecule has 0 aromatic carbocycles. The van der Waals surface area contributed by atoms with Crippen molar-refractivity contribution in [2.24, 2.45) is 5.92 Å². The summed E-state index contributed by atoms with van der Waals surface area (Å²) in [7, 11) is 0. The molecule has 1 aliphatic heterocycles. The smallest absolute Gasteiger partial charge is 0.184 e. The van der Waals surface area contributed by atoms with Gasteiger partial charge in [-0.15, -0.1) is 0 Å². The molecule has 1 aliphatic rings.